The van der Waals surface area contributed by atoms with Gasteiger partial charge >= 0.3 is 6.03 Å². The summed E-state index contributed by atoms with van der Waals surface area (Å²) in [6.45, 7) is 0.00341. The molecule has 1 aromatic carbocycles. The number of imide groups is 2. The smallest absolute Gasteiger partial charge is 0.328 e. The van der Waals surface area contributed by atoms with Gasteiger partial charge < -0.3 is 9.47 Å². The van der Waals surface area contributed by atoms with Gasteiger partial charge in [0.25, 0.3) is 11.8 Å². The molecule has 1 fully saturated rings. The molecule has 2 rings (SSSR count). The summed E-state index contributed by atoms with van der Waals surface area (Å²) in [7, 11) is 1.41. The fourth-order valence-electron chi connectivity index (χ4n) is 1.85. The van der Waals surface area contributed by atoms with Gasteiger partial charge in [0.1, 0.15) is 12.2 Å². The van der Waals surface area contributed by atoms with Crippen molar-refractivity contribution in [1.82, 2.24) is 10.6 Å². The van der Waals surface area contributed by atoms with Gasteiger partial charge in [0, 0.05) is 0 Å². The molecule has 0 aliphatic carbocycles. The van der Waals surface area contributed by atoms with E-state index in [9.17, 15) is 14.4 Å². The quantitative estimate of drug-likeness (QED) is 0.489. The van der Waals surface area contributed by atoms with E-state index < -0.39 is 17.8 Å². The predicted octanol–water partition coefficient (Wildman–Crippen LogP) is 1.11. The fourth-order valence-corrected chi connectivity index (χ4v) is 2.12. The van der Waals surface area contributed by atoms with Gasteiger partial charge in [0.15, 0.2) is 11.5 Å². The average Bonchev–Trinajstić information content (AvgIpc) is 2.49. The van der Waals surface area contributed by atoms with E-state index in [0.29, 0.717) is 5.56 Å². The molecule has 1 aliphatic heterocycles. The highest BCUT2D eigenvalue weighted by atomic mass is 35.5. The lowest BCUT2D eigenvalue weighted by atomic mass is 10.1. The van der Waals surface area contributed by atoms with E-state index in [1.165, 1.54) is 25.3 Å². The van der Waals surface area contributed by atoms with Gasteiger partial charge in [0.2, 0.25) is 0 Å². The van der Waals surface area contributed by atoms with Crippen LogP contribution in [0.1, 0.15) is 5.56 Å². The number of amides is 4. The molecule has 1 aromatic rings. The van der Waals surface area contributed by atoms with E-state index in [1.54, 1.807) is 0 Å². The molecular weight excluding hydrogens is 324 g/mol. The first-order valence-corrected chi connectivity index (χ1v) is 6.66. The summed E-state index contributed by atoms with van der Waals surface area (Å²) in [6, 6.07) is 2.12. The van der Waals surface area contributed by atoms with Crippen LogP contribution < -0.4 is 20.1 Å². The lowest BCUT2D eigenvalue weighted by Gasteiger charge is -2.15. The number of ether oxygens (including phenoxy) is 2. The Morgan fingerprint density at radius 3 is 2.48 bits per heavy atom. The molecule has 0 bridgehead atoms. The zero-order valence-corrected chi connectivity index (χ0v) is 12.7. The molecule has 1 aliphatic rings. The second-order valence-electron chi connectivity index (χ2n) is 4.32. The Labute approximate surface area is 136 Å². The van der Waals surface area contributed by atoms with Crippen molar-refractivity contribution in [3.63, 3.8) is 0 Å². The highest BCUT2D eigenvalue weighted by molar-refractivity contribution is 6.33. The van der Waals surface area contributed by atoms with Crippen molar-refractivity contribution in [2.75, 3.05) is 13.7 Å². The number of carbonyl (C=O) groups is 3. The summed E-state index contributed by atoms with van der Waals surface area (Å²) < 4.78 is 10.5. The van der Waals surface area contributed by atoms with Crippen LogP contribution in [-0.2, 0) is 9.59 Å². The summed E-state index contributed by atoms with van der Waals surface area (Å²) in [5.74, 6) is 1.23. The maximum atomic E-state index is 11.7. The van der Waals surface area contributed by atoms with Gasteiger partial charge in [0.05, 0.1) is 12.1 Å². The molecule has 0 atom stereocenters. The van der Waals surface area contributed by atoms with Gasteiger partial charge in [-0.1, -0.05) is 17.5 Å². The Kier molecular flexibility index (Phi) is 4.88. The third kappa shape index (κ3) is 3.62. The van der Waals surface area contributed by atoms with Crippen molar-refractivity contribution in [2.45, 2.75) is 0 Å². The van der Waals surface area contributed by atoms with Gasteiger partial charge in [-0.3, -0.25) is 20.2 Å². The molecule has 0 aromatic heterocycles. The topological polar surface area (TPSA) is 93.7 Å². The van der Waals surface area contributed by atoms with Crippen LogP contribution in [0.4, 0.5) is 4.79 Å². The minimum atomic E-state index is -0.870. The van der Waals surface area contributed by atoms with Crippen LogP contribution in [0.15, 0.2) is 17.7 Å². The molecule has 0 saturated carbocycles. The minimum absolute atomic E-state index is 0.00341. The Balaban J connectivity index is 2.41. The van der Waals surface area contributed by atoms with Crippen LogP contribution in [0.3, 0.4) is 0 Å². The molecule has 0 unspecified atom stereocenters. The van der Waals surface area contributed by atoms with Crippen LogP contribution >= 0.6 is 11.6 Å². The highest BCUT2D eigenvalue weighted by Gasteiger charge is 2.27. The molecule has 1 saturated heterocycles. The lowest BCUT2D eigenvalue weighted by molar-refractivity contribution is -0.123. The summed E-state index contributed by atoms with van der Waals surface area (Å²) in [4.78, 5) is 34.4. The Morgan fingerprint density at radius 2 is 1.91 bits per heavy atom. The number of halogens is 1. The number of hydrogen-bond acceptors (Lipinski definition) is 5. The van der Waals surface area contributed by atoms with Crippen molar-refractivity contribution in [3.8, 4) is 23.8 Å². The number of hydrogen-bond donors (Lipinski definition) is 2. The molecule has 8 heteroatoms. The average molecular weight is 335 g/mol. The van der Waals surface area contributed by atoms with Gasteiger partial charge in [-0.15, -0.1) is 6.42 Å². The first-order valence-electron chi connectivity index (χ1n) is 6.28. The number of barbiturate groups is 1. The van der Waals surface area contributed by atoms with Crippen LogP contribution in [0.5, 0.6) is 11.5 Å². The van der Waals surface area contributed by atoms with E-state index in [0.717, 1.165) is 0 Å². The van der Waals surface area contributed by atoms with Crippen molar-refractivity contribution in [3.05, 3.63) is 28.3 Å². The number of rotatable bonds is 4. The van der Waals surface area contributed by atoms with Crippen LogP contribution in [0, 0.1) is 12.3 Å². The molecule has 118 valence electrons. The van der Waals surface area contributed by atoms with Crippen LogP contribution in [0.2, 0.25) is 5.02 Å². The Morgan fingerprint density at radius 1 is 1.26 bits per heavy atom. The Bertz CT molecular complexity index is 742. The zero-order chi connectivity index (χ0) is 17.0. The van der Waals surface area contributed by atoms with Crippen LogP contribution in [-0.4, -0.2) is 31.6 Å². The SMILES string of the molecule is C#CCOc1c(Cl)cc(C=C2C(=O)NC(=O)NC2=O)cc1OC. The number of terminal acetylenes is 1. The van der Waals surface area contributed by atoms with Crippen molar-refractivity contribution in [1.29, 1.82) is 0 Å². The summed E-state index contributed by atoms with van der Waals surface area (Å²) in [5, 5.41) is 4.14. The minimum Gasteiger partial charge on any atom is -0.493 e. The monoisotopic (exact) mass is 334 g/mol. The number of nitrogens with one attached hydrogen (secondary N) is 2. The standard InChI is InChI=1S/C15H11ClN2O5/c1-3-4-23-12-10(16)6-8(7-11(12)22-2)5-9-13(19)17-15(21)18-14(9)20/h1,5-7H,4H2,2H3,(H2,17,18,19,20,21). The summed E-state index contributed by atoms with van der Waals surface area (Å²) >= 11 is 6.10. The zero-order valence-electron chi connectivity index (χ0n) is 11.9. The molecule has 23 heavy (non-hydrogen) atoms. The summed E-state index contributed by atoms with van der Waals surface area (Å²) in [5.41, 5.74) is 0.176. The number of benzene rings is 1. The molecule has 0 spiro atoms. The van der Waals surface area contributed by atoms with Gasteiger partial charge in [-0.05, 0) is 23.8 Å². The van der Waals surface area contributed by atoms with Crippen molar-refractivity contribution in [2.24, 2.45) is 0 Å². The van der Waals surface area contributed by atoms with E-state index >= 15 is 0 Å². The predicted molar refractivity (Wildman–Crippen MR) is 82.0 cm³/mol. The fraction of sp³-hybridized carbons (Fsp3) is 0.133. The van der Waals surface area contributed by atoms with E-state index in [-0.39, 0.29) is 28.7 Å². The maximum absolute atomic E-state index is 11.7. The van der Waals surface area contributed by atoms with E-state index in [2.05, 4.69) is 5.92 Å². The largest absolute Gasteiger partial charge is 0.493 e. The lowest BCUT2D eigenvalue weighted by Crippen LogP contribution is -2.51. The maximum Gasteiger partial charge on any atom is 0.328 e. The molecule has 1 heterocycles. The molecular formula is C15H11ClN2O5. The first-order chi connectivity index (χ1) is 11.0. The van der Waals surface area contributed by atoms with E-state index in [1.807, 2.05) is 10.6 Å². The molecule has 7 nitrogen and oxygen atoms in total. The Hall–Kier alpha value is -2.98. The molecule has 2 N–H and O–H groups in total. The highest BCUT2D eigenvalue weighted by Crippen LogP contribution is 2.37. The van der Waals surface area contributed by atoms with Crippen LogP contribution in [0.25, 0.3) is 6.08 Å². The van der Waals surface area contributed by atoms with Crippen molar-refractivity contribution >= 4 is 35.5 Å². The number of urea groups is 1. The first kappa shape index (κ1) is 16.4. The van der Waals surface area contributed by atoms with E-state index in [4.69, 9.17) is 27.5 Å². The van der Waals surface area contributed by atoms with Gasteiger partial charge in [-0.2, -0.15) is 0 Å². The third-order valence-electron chi connectivity index (χ3n) is 2.81. The second kappa shape index (κ2) is 6.85. The normalized spacial score (nSPS) is 13.8. The number of carbonyl (C=O) groups excluding carboxylic acids is 3. The molecule has 0 radical (unpaired) electrons. The number of methoxy groups -OCH3 is 1. The second-order valence-corrected chi connectivity index (χ2v) is 4.73. The van der Waals surface area contributed by atoms with Crippen molar-refractivity contribution < 1.29 is 23.9 Å². The third-order valence-corrected chi connectivity index (χ3v) is 3.09. The molecule has 4 amide bonds. The summed E-state index contributed by atoms with van der Waals surface area (Å²) in [6.07, 6.45) is 6.40. The van der Waals surface area contributed by atoms with Gasteiger partial charge in [-0.25, -0.2) is 4.79 Å².